The largest absolute Gasteiger partial charge is 0.345 e. The van der Waals surface area contributed by atoms with Gasteiger partial charge in [0.15, 0.2) is 0 Å². The maximum atomic E-state index is 12.4. The summed E-state index contributed by atoms with van der Waals surface area (Å²) in [7, 11) is 1.98. The lowest BCUT2D eigenvalue weighted by Gasteiger charge is -2.26. The van der Waals surface area contributed by atoms with Crippen molar-refractivity contribution >= 4 is 18.3 Å². The van der Waals surface area contributed by atoms with E-state index in [4.69, 9.17) is 5.73 Å². The van der Waals surface area contributed by atoms with Crippen molar-refractivity contribution in [3.63, 3.8) is 0 Å². The van der Waals surface area contributed by atoms with Crippen molar-refractivity contribution in [3.05, 3.63) is 0 Å². The molecule has 18 heavy (non-hydrogen) atoms. The normalized spacial score (nSPS) is 28.1. The van der Waals surface area contributed by atoms with E-state index in [0.717, 1.165) is 25.3 Å². The number of hydrogen-bond acceptors (Lipinski definition) is 2. The molecule has 0 aromatic heterocycles. The SMILES string of the molecule is CN(CC1CCCC1)C(=O)[C@@H]1CCC[C@@H]1CN.Cl. The zero-order chi connectivity index (χ0) is 12.3. The van der Waals surface area contributed by atoms with E-state index in [9.17, 15) is 4.79 Å². The van der Waals surface area contributed by atoms with Gasteiger partial charge < -0.3 is 10.6 Å². The van der Waals surface area contributed by atoms with E-state index in [1.165, 1.54) is 32.1 Å². The molecule has 0 heterocycles. The number of nitrogens with zero attached hydrogens (tertiary/aromatic N) is 1. The summed E-state index contributed by atoms with van der Waals surface area (Å²) in [6, 6.07) is 0. The first-order chi connectivity index (χ1) is 8.22. The van der Waals surface area contributed by atoms with Crippen molar-refractivity contribution in [1.82, 2.24) is 4.90 Å². The molecule has 2 rings (SSSR count). The van der Waals surface area contributed by atoms with Crippen LogP contribution in [0.3, 0.4) is 0 Å². The molecule has 106 valence electrons. The molecule has 2 N–H and O–H groups in total. The summed E-state index contributed by atoms with van der Waals surface area (Å²) in [5.74, 6) is 1.76. The molecule has 4 heteroatoms. The summed E-state index contributed by atoms with van der Waals surface area (Å²) >= 11 is 0. The number of rotatable bonds is 4. The Morgan fingerprint density at radius 3 is 2.44 bits per heavy atom. The van der Waals surface area contributed by atoms with Gasteiger partial charge in [-0.15, -0.1) is 12.4 Å². The van der Waals surface area contributed by atoms with Crippen LogP contribution in [0.15, 0.2) is 0 Å². The first kappa shape index (κ1) is 15.8. The summed E-state index contributed by atoms with van der Waals surface area (Å²) in [6.45, 7) is 1.64. The third kappa shape index (κ3) is 3.61. The number of carbonyl (C=O) groups is 1. The minimum atomic E-state index is 0. The Kier molecular flexibility index (Phi) is 6.44. The van der Waals surface area contributed by atoms with Crippen LogP contribution in [0.2, 0.25) is 0 Å². The van der Waals surface area contributed by atoms with Crippen LogP contribution < -0.4 is 5.73 Å². The van der Waals surface area contributed by atoms with Crippen LogP contribution in [0.25, 0.3) is 0 Å². The van der Waals surface area contributed by atoms with Gasteiger partial charge in [0, 0.05) is 19.5 Å². The first-order valence-corrected chi connectivity index (χ1v) is 7.17. The van der Waals surface area contributed by atoms with E-state index in [-0.39, 0.29) is 18.3 Å². The summed E-state index contributed by atoms with van der Waals surface area (Å²) < 4.78 is 0. The molecule has 1 amide bonds. The molecule has 0 aromatic rings. The minimum Gasteiger partial charge on any atom is -0.345 e. The van der Waals surface area contributed by atoms with Gasteiger partial charge in [0.05, 0.1) is 0 Å². The van der Waals surface area contributed by atoms with Gasteiger partial charge in [-0.3, -0.25) is 4.79 Å². The number of nitrogens with two attached hydrogens (primary N) is 1. The Bertz CT molecular complexity index is 267. The van der Waals surface area contributed by atoms with E-state index in [1.807, 2.05) is 11.9 Å². The van der Waals surface area contributed by atoms with Crippen molar-refractivity contribution in [2.45, 2.75) is 44.9 Å². The second-order valence-electron chi connectivity index (χ2n) is 5.90. The average Bonchev–Trinajstić information content (AvgIpc) is 2.97. The number of carbonyl (C=O) groups excluding carboxylic acids is 1. The van der Waals surface area contributed by atoms with Crippen LogP contribution in [0.1, 0.15) is 44.9 Å². The van der Waals surface area contributed by atoms with E-state index < -0.39 is 0 Å². The summed E-state index contributed by atoms with van der Waals surface area (Å²) in [4.78, 5) is 14.4. The Morgan fingerprint density at radius 1 is 1.17 bits per heavy atom. The van der Waals surface area contributed by atoms with Crippen molar-refractivity contribution in [2.75, 3.05) is 20.1 Å². The van der Waals surface area contributed by atoms with Gasteiger partial charge in [-0.1, -0.05) is 19.3 Å². The second-order valence-corrected chi connectivity index (χ2v) is 5.90. The predicted molar refractivity (Wildman–Crippen MR) is 76.7 cm³/mol. The summed E-state index contributed by atoms with van der Waals surface area (Å²) in [5, 5.41) is 0. The van der Waals surface area contributed by atoms with E-state index >= 15 is 0 Å². The monoisotopic (exact) mass is 274 g/mol. The Labute approximate surface area is 117 Å². The standard InChI is InChI=1S/C14H26N2O.ClH/c1-16(10-11-5-2-3-6-11)14(17)13-8-4-7-12(13)9-15;/h11-13H,2-10,15H2,1H3;1H/t12-,13-;/m1./s1. The topological polar surface area (TPSA) is 46.3 Å². The predicted octanol–water partition coefficient (Wildman–Crippen LogP) is 2.43. The number of hydrogen-bond donors (Lipinski definition) is 1. The molecule has 0 radical (unpaired) electrons. The zero-order valence-corrected chi connectivity index (χ0v) is 12.3. The third-order valence-electron chi connectivity index (χ3n) is 4.66. The van der Waals surface area contributed by atoms with Crippen LogP contribution >= 0.6 is 12.4 Å². The highest BCUT2D eigenvalue weighted by molar-refractivity contribution is 5.85. The van der Waals surface area contributed by atoms with Gasteiger partial charge in [0.25, 0.3) is 0 Å². The molecule has 2 saturated carbocycles. The molecule has 2 atom stereocenters. The van der Waals surface area contributed by atoms with Crippen LogP contribution in [-0.2, 0) is 4.79 Å². The van der Waals surface area contributed by atoms with Gasteiger partial charge in [0.2, 0.25) is 5.91 Å². The quantitative estimate of drug-likeness (QED) is 0.856. The van der Waals surface area contributed by atoms with Crippen LogP contribution in [0.4, 0.5) is 0 Å². The van der Waals surface area contributed by atoms with Gasteiger partial charge in [0.1, 0.15) is 0 Å². The highest BCUT2D eigenvalue weighted by Crippen LogP contribution is 2.33. The van der Waals surface area contributed by atoms with Crippen LogP contribution in [-0.4, -0.2) is 30.9 Å². The van der Waals surface area contributed by atoms with E-state index in [1.54, 1.807) is 0 Å². The van der Waals surface area contributed by atoms with Crippen molar-refractivity contribution in [2.24, 2.45) is 23.5 Å². The lowest BCUT2D eigenvalue weighted by Crippen LogP contribution is -2.38. The summed E-state index contributed by atoms with van der Waals surface area (Å²) in [5.41, 5.74) is 5.76. The van der Waals surface area contributed by atoms with E-state index in [0.29, 0.717) is 18.4 Å². The molecule has 2 aliphatic carbocycles. The highest BCUT2D eigenvalue weighted by Gasteiger charge is 2.34. The highest BCUT2D eigenvalue weighted by atomic mass is 35.5. The molecule has 0 saturated heterocycles. The van der Waals surface area contributed by atoms with E-state index in [2.05, 4.69) is 0 Å². The molecule has 0 aliphatic heterocycles. The van der Waals surface area contributed by atoms with Gasteiger partial charge in [-0.05, 0) is 44.1 Å². The fourth-order valence-electron chi connectivity index (χ4n) is 3.60. The minimum absolute atomic E-state index is 0. The fraction of sp³-hybridized carbons (Fsp3) is 0.929. The van der Waals surface area contributed by atoms with Crippen LogP contribution in [0, 0.1) is 17.8 Å². The lowest BCUT2D eigenvalue weighted by atomic mass is 9.94. The smallest absolute Gasteiger partial charge is 0.225 e. The molecule has 2 aliphatic rings. The Morgan fingerprint density at radius 2 is 1.83 bits per heavy atom. The average molecular weight is 275 g/mol. The van der Waals surface area contributed by atoms with Gasteiger partial charge >= 0.3 is 0 Å². The van der Waals surface area contributed by atoms with Crippen molar-refractivity contribution < 1.29 is 4.79 Å². The second kappa shape index (κ2) is 7.34. The molecular formula is C14H27ClN2O. The summed E-state index contributed by atoms with van der Waals surface area (Å²) in [6.07, 6.45) is 8.68. The van der Waals surface area contributed by atoms with Crippen molar-refractivity contribution in [3.8, 4) is 0 Å². The maximum absolute atomic E-state index is 12.4. The Hall–Kier alpha value is -0.280. The Balaban J connectivity index is 0.00000162. The lowest BCUT2D eigenvalue weighted by molar-refractivity contribution is -0.135. The zero-order valence-electron chi connectivity index (χ0n) is 11.4. The maximum Gasteiger partial charge on any atom is 0.225 e. The molecule has 2 fully saturated rings. The molecule has 0 unspecified atom stereocenters. The van der Waals surface area contributed by atoms with Gasteiger partial charge in [-0.25, -0.2) is 0 Å². The molecule has 0 bridgehead atoms. The van der Waals surface area contributed by atoms with Crippen LogP contribution in [0.5, 0.6) is 0 Å². The number of amides is 1. The molecule has 0 aromatic carbocycles. The number of halogens is 1. The third-order valence-corrected chi connectivity index (χ3v) is 4.66. The first-order valence-electron chi connectivity index (χ1n) is 7.17. The van der Waals surface area contributed by atoms with Crippen molar-refractivity contribution in [1.29, 1.82) is 0 Å². The fourth-order valence-corrected chi connectivity index (χ4v) is 3.60. The van der Waals surface area contributed by atoms with Gasteiger partial charge in [-0.2, -0.15) is 0 Å². The molecular weight excluding hydrogens is 248 g/mol. The molecule has 0 spiro atoms. The molecule has 3 nitrogen and oxygen atoms in total.